The average Bonchev–Trinajstić information content (AvgIpc) is 3.00. The maximum absolute atomic E-state index is 12.6. The Labute approximate surface area is 330 Å². The van der Waals surface area contributed by atoms with Gasteiger partial charge in [-0.1, -0.05) is 109 Å². The van der Waals surface area contributed by atoms with E-state index in [9.17, 15) is 44.5 Å². The van der Waals surface area contributed by atoms with E-state index in [1.54, 1.807) is 0 Å². The molecule has 0 radical (unpaired) electrons. The number of aryl methyl sites for hydroxylation is 2. The van der Waals surface area contributed by atoms with Crippen molar-refractivity contribution in [1.82, 2.24) is 0 Å². The summed E-state index contributed by atoms with van der Waals surface area (Å²) in [5.74, 6) is -1.74. The number of hydrogen-bond donors (Lipinski definition) is 7. The molecule has 0 aliphatic carbocycles. The summed E-state index contributed by atoms with van der Waals surface area (Å²) in [7, 11) is -5.98. The van der Waals surface area contributed by atoms with Crippen LogP contribution in [0.2, 0.25) is 0 Å². The fraction of sp³-hybridized carbons (Fsp3) is 0.659. The number of benzene rings is 2. The van der Waals surface area contributed by atoms with E-state index in [0.29, 0.717) is 46.4 Å². The van der Waals surface area contributed by atoms with Gasteiger partial charge in [-0.3, -0.25) is 9.59 Å². The van der Waals surface area contributed by atoms with Gasteiger partial charge in [-0.2, -0.15) is 0 Å². The van der Waals surface area contributed by atoms with Crippen molar-refractivity contribution in [3.8, 4) is 5.75 Å². The lowest BCUT2D eigenvalue weighted by molar-refractivity contribution is -0.137. The molecule has 2 rings (SSSR count). The van der Waals surface area contributed by atoms with Gasteiger partial charge in [0.15, 0.2) is 0 Å². The van der Waals surface area contributed by atoms with E-state index in [-0.39, 0.29) is 12.8 Å². The van der Waals surface area contributed by atoms with Crippen molar-refractivity contribution in [2.24, 2.45) is 5.41 Å². The van der Waals surface area contributed by atoms with Crippen molar-refractivity contribution in [2.75, 3.05) is 19.8 Å². The van der Waals surface area contributed by atoms with Gasteiger partial charge in [-0.15, -0.1) is 0 Å². The number of carboxylic acids is 2. The number of hydrogen-bond acceptors (Lipinski definition) is 10. The average molecular weight is 813 g/mol. The van der Waals surface area contributed by atoms with E-state index >= 15 is 0 Å². The van der Waals surface area contributed by atoms with Gasteiger partial charge in [0.1, 0.15) is 11.9 Å². The highest BCUT2D eigenvalue weighted by Crippen LogP contribution is 2.53. The molecule has 0 heterocycles. The first-order chi connectivity index (χ1) is 25.0. The van der Waals surface area contributed by atoms with Gasteiger partial charge >= 0.3 is 29.1 Å². The van der Waals surface area contributed by atoms with Gasteiger partial charge in [-0.25, -0.2) is 0 Å². The molecule has 0 aliphatic rings. The van der Waals surface area contributed by atoms with E-state index in [0.717, 1.165) is 22.3 Å². The largest absolute Gasteiger partial charge is 0.484 e. The topological polar surface area (TPSA) is 203 Å². The van der Waals surface area contributed by atoms with Crippen LogP contribution in [-0.4, -0.2) is 66.7 Å². The predicted molar refractivity (Wildman–Crippen MR) is 217 cm³/mol. The molecule has 0 saturated carbocycles. The summed E-state index contributed by atoms with van der Waals surface area (Å²) in [6.45, 7) is 25.7. The maximum atomic E-state index is 12.6. The van der Waals surface area contributed by atoms with E-state index in [2.05, 4.69) is 0 Å². The lowest BCUT2D eigenvalue weighted by Gasteiger charge is -2.45. The number of aliphatic carboxylic acids is 2. The molecule has 0 aromatic heterocycles. The Morgan fingerprint density at radius 2 is 1.02 bits per heavy atom. The fourth-order valence-corrected chi connectivity index (χ4v) is 8.21. The Hall–Kier alpha value is -2.24. The standard InChI is InChI=1S/C41H66O12P2/c1-15-24-17-28(37(3,4)5)32(33(39(9,10)11)26(24)19-30(43)44)36(41(21-42,22-51-54(47)48)23-52-55(49)50)53-35-29(38(6,7)8)18-25(16-2)27(20-31(45)46)34(35)40(12,13)14/h17-18,36,42,47-50H,15-16,19-23H2,1-14H3,(H,43,44)(H,45,46). The van der Waals surface area contributed by atoms with Crippen molar-refractivity contribution in [1.29, 1.82) is 0 Å². The maximum Gasteiger partial charge on any atom is 0.327 e. The molecule has 0 fully saturated rings. The van der Waals surface area contributed by atoms with E-state index in [4.69, 9.17) is 13.8 Å². The molecule has 55 heavy (non-hydrogen) atoms. The molecular weight excluding hydrogens is 746 g/mol. The molecule has 1 unspecified atom stereocenters. The van der Waals surface area contributed by atoms with Crippen LogP contribution in [0.1, 0.15) is 153 Å². The molecule has 7 N–H and O–H groups in total. The van der Waals surface area contributed by atoms with E-state index in [1.807, 2.05) is 109 Å². The fourth-order valence-electron chi connectivity index (χ4n) is 7.46. The molecule has 0 amide bonds. The minimum Gasteiger partial charge on any atom is -0.484 e. The molecule has 14 heteroatoms. The Kier molecular flexibility index (Phi) is 16.5. The highest BCUT2D eigenvalue weighted by atomic mass is 31.2. The first kappa shape index (κ1) is 48.9. The summed E-state index contributed by atoms with van der Waals surface area (Å²) in [5, 5.41) is 32.1. The number of carbonyl (C=O) groups is 2. The first-order valence-corrected chi connectivity index (χ1v) is 21.0. The second kappa shape index (κ2) is 18.6. The van der Waals surface area contributed by atoms with Gasteiger partial charge in [-0.05, 0) is 67.9 Å². The summed E-state index contributed by atoms with van der Waals surface area (Å²) in [5.41, 5.74) is 1.57. The molecule has 0 aliphatic heterocycles. The Morgan fingerprint density at radius 3 is 1.33 bits per heavy atom. The summed E-state index contributed by atoms with van der Waals surface area (Å²) >= 11 is 0. The molecule has 0 bridgehead atoms. The summed E-state index contributed by atoms with van der Waals surface area (Å²) in [6, 6.07) is 3.92. The van der Waals surface area contributed by atoms with Crippen molar-refractivity contribution < 1.29 is 58.3 Å². The van der Waals surface area contributed by atoms with Crippen LogP contribution in [-0.2, 0) is 66.0 Å². The zero-order valence-electron chi connectivity index (χ0n) is 35.2. The molecule has 1 atom stereocenters. The van der Waals surface area contributed by atoms with Gasteiger partial charge in [0, 0.05) is 16.7 Å². The van der Waals surface area contributed by atoms with E-state index < -0.39 is 82.1 Å². The Morgan fingerprint density at radius 1 is 0.636 bits per heavy atom. The third-order valence-corrected chi connectivity index (χ3v) is 10.6. The van der Waals surface area contributed by atoms with E-state index in [1.165, 1.54) is 0 Å². The minimum atomic E-state index is -2.99. The number of carboxylic acid groups (broad SMARTS) is 2. The summed E-state index contributed by atoms with van der Waals surface area (Å²) < 4.78 is 18.5. The van der Waals surface area contributed by atoms with Gasteiger partial charge in [0.2, 0.25) is 0 Å². The molecule has 0 spiro atoms. The van der Waals surface area contributed by atoms with Crippen LogP contribution in [0.5, 0.6) is 5.75 Å². The Bertz CT molecular complexity index is 1650. The number of aliphatic hydroxyl groups excluding tert-OH is 1. The smallest absolute Gasteiger partial charge is 0.327 e. The monoisotopic (exact) mass is 812 g/mol. The number of ether oxygens (including phenoxy) is 1. The van der Waals surface area contributed by atoms with Crippen molar-refractivity contribution in [3.05, 3.63) is 62.2 Å². The van der Waals surface area contributed by atoms with Crippen LogP contribution in [0.4, 0.5) is 0 Å². The minimum absolute atomic E-state index is 0.300. The lowest BCUT2D eigenvalue weighted by Crippen LogP contribution is -2.46. The van der Waals surface area contributed by atoms with Gasteiger partial charge in [0.05, 0.1) is 38.1 Å². The quantitative estimate of drug-likeness (QED) is 0.0765. The Balaban J connectivity index is 3.62. The number of aliphatic hydroxyl groups is 1. The second-order valence-corrected chi connectivity index (χ2v) is 20.1. The lowest BCUT2D eigenvalue weighted by atomic mass is 9.66. The predicted octanol–water partition coefficient (Wildman–Crippen LogP) is 7.81. The highest BCUT2D eigenvalue weighted by Gasteiger charge is 2.49. The highest BCUT2D eigenvalue weighted by molar-refractivity contribution is 7.39. The van der Waals surface area contributed by atoms with Crippen LogP contribution >= 0.6 is 17.2 Å². The third kappa shape index (κ3) is 12.1. The normalized spacial score (nSPS) is 13.8. The molecule has 2 aromatic rings. The second-order valence-electron chi connectivity index (χ2n) is 18.5. The number of rotatable bonds is 17. The van der Waals surface area contributed by atoms with Crippen LogP contribution in [0.3, 0.4) is 0 Å². The van der Waals surface area contributed by atoms with Crippen LogP contribution in [0, 0.1) is 5.41 Å². The zero-order valence-corrected chi connectivity index (χ0v) is 37.0. The molecule has 312 valence electrons. The summed E-state index contributed by atoms with van der Waals surface area (Å²) in [4.78, 5) is 65.5. The molecule has 2 aromatic carbocycles. The van der Waals surface area contributed by atoms with Gasteiger partial charge < -0.3 is 48.7 Å². The van der Waals surface area contributed by atoms with Crippen LogP contribution in [0.25, 0.3) is 0 Å². The first-order valence-electron chi connectivity index (χ1n) is 18.7. The molecule has 0 saturated heterocycles. The molecular formula is C41H66O12P2. The zero-order chi connectivity index (χ0) is 42.6. The van der Waals surface area contributed by atoms with Crippen molar-refractivity contribution in [3.63, 3.8) is 0 Å². The van der Waals surface area contributed by atoms with Crippen LogP contribution in [0.15, 0.2) is 12.1 Å². The molecule has 12 nitrogen and oxygen atoms in total. The van der Waals surface area contributed by atoms with Crippen molar-refractivity contribution >= 4 is 29.1 Å². The van der Waals surface area contributed by atoms with Gasteiger partial charge in [0.25, 0.3) is 0 Å². The van der Waals surface area contributed by atoms with Crippen molar-refractivity contribution in [2.45, 2.75) is 150 Å². The SMILES string of the molecule is CCc1cc(C(C)(C)C)c(OC(c2c(C(C)(C)C)cc(CC)c(CC(=O)O)c2C(C)(C)C)C(CO)(COP(O)O)COP(O)O)c(C(C)(C)C)c1CC(=O)O. The third-order valence-electron chi connectivity index (χ3n) is 9.88. The summed E-state index contributed by atoms with van der Waals surface area (Å²) in [6.07, 6.45) is -0.934. The van der Waals surface area contributed by atoms with Crippen LogP contribution < -0.4 is 4.74 Å².